The topological polar surface area (TPSA) is 46.0 Å². The number of para-hydroxylation sites is 2. The maximum absolute atomic E-state index is 12.4. The van der Waals surface area contributed by atoms with Gasteiger partial charge in [-0.05, 0) is 30.9 Å². The summed E-state index contributed by atoms with van der Waals surface area (Å²) in [4.78, 5) is 16.2. The highest BCUT2D eigenvalue weighted by molar-refractivity contribution is 5.77. The first-order valence-corrected chi connectivity index (χ1v) is 9.68. The molecule has 5 heteroatoms. The molecule has 1 amide bonds. The Bertz CT molecular complexity index is 570. The Labute approximate surface area is 151 Å². The second-order valence-corrected chi connectivity index (χ2v) is 7.52. The lowest BCUT2D eigenvalue weighted by Crippen LogP contribution is -3.16. The van der Waals surface area contributed by atoms with Crippen LogP contribution in [0.1, 0.15) is 32.6 Å². The quantitative estimate of drug-likeness (QED) is 0.839. The maximum Gasteiger partial charge on any atom is 0.275 e. The summed E-state index contributed by atoms with van der Waals surface area (Å²) < 4.78 is 5.47. The number of carbonyl (C=O) groups excluding carboxylic acids is 1. The normalized spacial score (nSPS) is 24.8. The van der Waals surface area contributed by atoms with Crippen molar-refractivity contribution in [3.63, 3.8) is 0 Å². The number of ether oxygens (including phenoxy) is 1. The van der Waals surface area contributed by atoms with Gasteiger partial charge in [0, 0.05) is 6.04 Å². The van der Waals surface area contributed by atoms with E-state index in [4.69, 9.17) is 4.74 Å². The number of quaternary nitrogens is 1. The van der Waals surface area contributed by atoms with E-state index in [1.807, 2.05) is 12.1 Å². The summed E-state index contributed by atoms with van der Waals surface area (Å²) in [7, 11) is 1.72. The van der Waals surface area contributed by atoms with Crippen molar-refractivity contribution in [2.75, 3.05) is 44.7 Å². The Morgan fingerprint density at radius 2 is 1.96 bits per heavy atom. The molecule has 0 bridgehead atoms. The van der Waals surface area contributed by atoms with Gasteiger partial charge < -0.3 is 19.9 Å². The molecule has 0 radical (unpaired) electrons. The van der Waals surface area contributed by atoms with Crippen LogP contribution in [0.2, 0.25) is 0 Å². The Hall–Kier alpha value is -1.75. The molecule has 0 spiro atoms. The van der Waals surface area contributed by atoms with E-state index in [1.165, 1.54) is 24.2 Å². The standard InChI is InChI=1S/C20H31N3O2/c1-16-7-3-4-8-17(16)21-20(24)15-22-11-13-23(14-12-22)18-9-5-6-10-19(18)25-2/h5-6,9-10,16-17H,3-4,7-8,11-15H2,1-2H3,(H,21,24)/p+1/t16-,17-/m0/s1. The lowest BCUT2D eigenvalue weighted by molar-refractivity contribution is -0.892. The van der Waals surface area contributed by atoms with Gasteiger partial charge in [-0.15, -0.1) is 0 Å². The Morgan fingerprint density at radius 1 is 1.24 bits per heavy atom. The van der Waals surface area contributed by atoms with Crippen LogP contribution in [0.25, 0.3) is 0 Å². The van der Waals surface area contributed by atoms with E-state index >= 15 is 0 Å². The molecule has 1 saturated heterocycles. The average Bonchev–Trinajstić information content (AvgIpc) is 2.64. The highest BCUT2D eigenvalue weighted by Gasteiger charge is 2.27. The van der Waals surface area contributed by atoms with E-state index in [0.717, 1.165) is 44.0 Å². The van der Waals surface area contributed by atoms with E-state index in [1.54, 1.807) is 7.11 Å². The molecule has 2 fully saturated rings. The minimum absolute atomic E-state index is 0.222. The first kappa shape index (κ1) is 18.1. The molecular weight excluding hydrogens is 314 g/mol. The summed E-state index contributed by atoms with van der Waals surface area (Å²) in [5.41, 5.74) is 1.16. The SMILES string of the molecule is COc1ccccc1N1CC[NH+](CC(=O)N[C@H]2CCCC[C@@H]2C)CC1. The molecule has 138 valence electrons. The summed E-state index contributed by atoms with van der Waals surface area (Å²) in [6, 6.07) is 8.56. The number of benzene rings is 1. The Kier molecular flexibility index (Phi) is 6.19. The lowest BCUT2D eigenvalue weighted by Gasteiger charge is -2.34. The molecule has 1 heterocycles. The number of nitrogens with zero attached hydrogens (tertiary/aromatic N) is 1. The molecule has 1 aliphatic heterocycles. The largest absolute Gasteiger partial charge is 0.495 e. The Morgan fingerprint density at radius 3 is 2.68 bits per heavy atom. The summed E-state index contributed by atoms with van der Waals surface area (Å²) in [5.74, 6) is 1.77. The van der Waals surface area contributed by atoms with Crippen LogP contribution in [0.3, 0.4) is 0 Å². The van der Waals surface area contributed by atoms with Crippen molar-refractivity contribution in [3.05, 3.63) is 24.3 Å². The van der Waals surface area contributed by atoms with E-state index in [-0.39, 0.29) is 5.91 Å². The number of carbonyl (C=O) groups is 1. The van der Waals surface area contributed by atoms with Crippen LogP contribution < -0.4 is 19.9 Å². The lowest BCUT2D eigenvalue weighted by atomic mass is 9.86. The van der Waals surface area contributed by atoms with Crippen molar-refractivity contribution in [3.8, 4) is 5.75 Å². The van der Waals surface area contributed by atoms with Crippen LogP contribution in [0, 0.1) is 5.92 Å². The number of hydrogen-bond acceptors (Lipinski definition) is 3. The van der Waals surface area contributed by atoms with Crippen LogP contribution in [-0.2, 0) is 4.79 Å². The van der Waals surface area contributed by atoms with Gasteiger partial charge >= 0.3 is 0 Å². The predicted molar refractivity (Wildman–Crippen MR) is 100 cm³/mol. The van der Waals surface area contributed by atoms with Gasteiger partial charge in [0.1, 0.15) is 5.75 Å². The molecule has 0 unspecified atom stereocenters. The van der Waals surface area contributed by atoms with Crippen molar-refractivity contribution >= 4 is 11.6 Å². The molecule has 2 N–H and O–H groups in total. The third-order valence-corrected chi connectivity index (χ3v) is 5.76. The summed E-state index contributed by atoms with van der Waals surface area (Å²) >= 11 is 0. The third kappa shape index (κ3) is 4.66. The van der Waals surface area contributed by atoms with Crippen LogP contribution in [-0.4, -0.2) is 51.8 Å². The van der Waals surface area contributed by atoms with Crippen LogP contribution in [0.5, 0.6) is 5.75 Å². The molecule has 0 aromatic heterocycles. The second kappa shape index (κ2) is 8.56. The van der Waals surface area contributed by atoms with E-state index < -0.39 is 0 Å². The van der Waals surface area contributed by atoms with Crippen molar-refractivity contribution in [2.45, 2.75) is 38.6 Å². The van der Waals surface area contributed by atoms with Crippen molar-refractivity contribution in [1.82, 2.24) is 5.32 Å². The van der Waals surface area contributed by atoms with Gasteiger partial charge in [-0.25, -0.2) is 0 Å². The van der Waals surface area contributed by atoms with E-state index in [9.17, 15) is 4.79 Å². The molecule has 2 atom stereocenters. The van der Waals surface area contributed by atoms with Gasteiger partial charge in [0.25, 0.3) is 5.91 Å². The first-order chi connectivity index (χ1) is 12.2. The van der Waals surface area contributed by atoms with Gasteiger partial charge in [0.2, 0.25) is 0 Å². The summed E-state index contributed by atoms with van der Waals surface area (Å²) in [6.07, 6.45) is 4.95. The Balaban J connectivity index is 1.46. The molecular formula is C20H32N3O2+. The number of methoxy groups -OCH3 is 1. The van der Waals surface area contributed by atoms with Crippen molar-refractivity contribution < 1.29 is 14.4 Å². The highest BCUT2D eigenvalue weighted by Crippen LogP contribution is 2.27. The van der Waals surface area contributed by atoms with Gasteiger partial charge in [0.05, 0.1) is 39.0 Å². The maximum atomic E-state index is 12.4. The fraction of sp³-hybridized carbons (Fsp3) is 0.650. The number of amides is 1. The van der Waals surface area contributed by atoms with Gasteiger partial charge in [-0.1, -0.05) is 31.9 Å². The number of nitrogens with one attached hydrogen (secondary N) is 2. The number of hydrogen-bond donors (Lipinski definition) is 2. The molecule has 25 heavy (non-hydrogen) atoms. The molecule has 1 aliphatic carbocycles. The fourth-order valence-electron chi connectivity index (χ4n) is 4.15. The minimum atomic E-state index is 0.222. The van der Waals surface area contributed by atoms with Gasteiger partial charge in [0.15, 0.2) is 6.54 Å². The molecule has 1 aromatic rings. The first-order valence-electron chi connectivity index (χ1n) is 9.68. The van der Waals surface area contributed by atoms with Gasteiger partial charge in [-0.2, -0.15) is 0 Å². The highest BCUT2D eigenvalue weighted by atomic mass is 16.5. The zero-order valence-electron chi connectivity index (χ0n) is 15.6. The zero-order valence-corrected chi connectivity index (χ0v) is 15.6. The van der Waals surface area contributed by atoms with E-state index in [0.29, 0.717) is 18.5 Å². The number of rotatable bonds is 5. The summed E-state index contributed by atoms with van der Waals surface area (Å²) in [6.45, 7) is 6.77. The predicted octanol–water partition coefficient (Wildman–Crippen LogP) is 1.10. The molecule has 5 nitrogen and oxygen atoms in total. The second-order valence-electron chi connectivity index (χ2n) is 7.52. The average molecular weight is 346 g/mol. The van der Waals surface area contributed by atoms with Crippen molar-refractivity contribution in [1.29, 1.82) is 0 Å². The van der Waals surface area contributed by atoms with E-state index in [2.05, 4.69) is 29.3 Å². The van der Waals surface area contributed by atoms with Crippen molar-refractivity contribution in [2.24, 2.45) is 5.92 Å². The van der Waals surface area contributed by atoms with Crippen LogP contribution in [0.15, 0.2) is 24.3 Å². The zero-order chi connectivity index (χ0) is 17.6. The third-order valence-electron chi connectivity index (χ3n) is 5.76. The number of piperazine rings is 1. The molecule has 1 saturated carbocycles. The fourth-order valence-corrected chi connectivity index (χ4v) is 4.15. The summed E-state index contributed by atoms with van der Waals surface area (Å²) in [5, 5.41) is 3.28. The monoisotopic (exact) mass is 346 g/mol. The van der Waals surface area contributed by atoms with Crippen LogP contribution >= 0.6 is 0 Å². The molecule has 2 aliphatic rings. The smallest absolute Gasteiger partial charge is 0.275 e. The van der Waals surface area contributed by atoms with Crippen LogP contribution in [0.4, 0.5) is 5.69 Å². The minimum Gasteiger partial charge on any atom is -0.495 e. The number of anilines is 1. The molecule has 1 aromatic carbocycles. The molecule has 3 rings (SSSR count). The van der Waals surface area contributed by atoms with Gasteiger partial charge in [-0.3, -0.25) is 4.79 Å².